The standard InChI is InChI=1S/C14H16N4O4S2/c1-7(11(19)20)17(8(2)12(21)22)9-4-3-5-10(6-9)18-13(23)15-16-14(18)24/h3-8H,1-2H3,(H,15,23)(H,16,24)(H,19,20)(H,21,22). The topological polar surface area (TPSA) is 114 Å². The number of hydrogen-bond donors (Lipinski definition) is 4. The maximum Gasteiger partial charge on any atom is 0.326 e. The minimum absolute atomic E-state index is 0.348. The average Bonchev–Trinajstić information content (AvgIpc) is 2.86. The van der Waals surface area contributed by atoms with Gasteiger partial charge in [-0.15, -0.1) is 0 Å². The molecule has 0 amide bonds. The summed E-state index contributed by atoms with van der Waals surface area (Å²) in [6.07, 6.45) is 0. The molecule has 24 heavy (non-hydrogen) atoms. The van der Waals surface area contributed by atoms with E-state index in [9.17, 15) is 19.8 Å². The number of aromatic amines is 2. The molecular weight excluding hydrogens is 352 g/mol. The molecule has 2 unspecified atom stereocenters. The van der Waals surface area contributed by atoms with Crippen LogP contribution in [0.2, 0.25) is 0 Å². The Balaban J connectivity index is 2.58. The lowest BCUT2D eigenvalue weighted by Gasteiger charge is -2.32. The van der Waals surface area contributed by atoms with Crippen LogP contribution in [0.1, 0.15) is 13.8 Å². The number of carboxylic acids is 2. The van der Waals surface area contributed by atoms with Crippen molar-refractivity contribution in [1.29, 1.82) is 0 Å². The molecule has 0 saturated carbocycles. The Morgan fingerprint density at radius 1 is 1.08 bits per heavy atom. The molecular formula is C14H16N4O4S2. The molecule has 0 saturated heterocycles. The Kier molecular flexibility index (Phi) is 5.20. The van der Waals surface area contributed by atoms with Gasteiger partial charge in [-0.25, -0.2) is 9.59 Å². The summed E-state index contributed by atoms with van der Waals surface area (Å²) in [5, 5.41) is 24.0. The highest BCUT2D eigenvalue weighted by Crippen LogP contribution is 2.24. The predicted octanol–water partition coefficient (Wildman–Crippen LogP) is 2.35. The molecule has 2 aromatic rings. The monoisotopic (exact) mass is 368 g/mol. The van der Waals surface area contributed by atoms with E-state index in [1.54, 1.807) is 28.8 Å². The third kappa shape index (κ3) is 3.39. The molecule has 2 rings (SSSR count). The molecule has 0 spiro atoms. The van der Waals surface area contributed by atoms with Gasteiger partial charge in [-0.2, -0.15) is 0 Å². The van der Waals surface area contributed by atoms with Gasteiger partial charge in [-0.1, -0.05) is 6.07 Å². The molecule has 1 aromatic heterocycles. The maximum atomic E-state index is 11.4. The summed E-state index contributed by atoms with van der Waals surface area (Å²) in [6.45, 7) is 2.87. The minimum atomic E-state index is -1.12. The van der Waals surface area contributed by atoms with Gasteiger partial charge in [0.2, 0.25) is 0 Å². The first-order valence-electron chi connectivity index (χ1n) is 6.98. The lowest BCUT2D eigenvalue weighted by Crippen LogP contribution is -2.48. The zero-order chi connectivity index (χ0) is 18.0. The van der Waals surface area contributed by atoms with Gasteiger partial charge < -0.3 is 15.1 Å². The van der Waals surface area contributed by atoms with Crippen molar-refractivity contribution in [3.8, 4) is 5.69 Å². The van der Waals surface area contributed by atoms with Crippen LogP contribution in [0.4, 0.5) is 5.69 Å². The van der Waals surface area contributed by atoms with Crippen LogP contribution in [-0.2, 0) is 9.59 Å². The van der Waals surface area contributed by atoms with E-state index in [-0.39, 0.29) is 0 Å². The zero-order valence-electron chi connectivity index (χ0n) is 12.9. The lowest BCUT2D eigenvalue weighted by molar-refractivity contribution is -0.140. The molecule has 0 aliphatic rings. The van der Waals surface area contributed by atoms with Crippen molar-refractivity contribution in [3.05, 3.63) is 33.8 Å². The molecule has 0 fully saturated rings. The van der Waals surface area contributed by atoms with Gasteiger partial charge >= 0.3 is 11.9 Å². The van der Waals surface area contributed by atoms with Crippen molar-refractivity contribution in [1.82, 2.24) is 14.8 Å². The second-order valence-corrected chi connectivity index (χ2v) is 5.92. The normalized spacial score (nSPS) is 13.2. The van der Waals surface area contributed by atoms with Crippen LogP contribution in [-0.4, -0.2) is 49.0 Å². The number of rotatable bonds is 6. The van der Waals surface area contributed by atoms with Gasteiger partial charge in [-0.3, -0.25) is 14.8 Å². The Bertz CT molecular complexity index is 838. The fourth-order valence-electron chi connectivity index (χ4n) is 2.36. The van der Waals surface area contributed by atoms with Gasteiger partial charge in [0, 0.05) is 5.69 Å². The zero-order valence-corrected chi connectivity index (χ0v) is 14.5. The first-order valence-corrected chi connectivity index (χ1v) is 7.79. The van der Waals surface area contributed by atoms with Crippen LogP contribution in [0, 0.1) is 9.54 Å². The van der Waals surface area contributed by atoms with E-state index in [0.717, 1.165) is 0 Å². The summed E-state index contributed by atoms with van der Waals surface area (Å²) in [6, 6.07) is 4.66. The van der Waals surface area contributed by atoms with Crippen molar-refractivity contribution in [2.75, 3.05) is 4.90 Å². The average molecular weight is 368 g/mol. The number of H-pyrrole nitrogens is 2. The molecule has 10 heteroatoms. The molecule has 0 aliphatic heterocycles. The van der Waals surface area contributed by atoms with Crippen molar-refractivity contribution in [2.45, 2.75) is 25.9 Å². The van der Waals surface area contributed by atoms with Crippen molar-refractivity contribution in [3.63, 3.8) is 0 Å². The number of aliphatic carboxylic acids is 2. The van der Waals surface area contributed by atoms with Gasteiger partial charge in [0.05, 0.1) is 5.69 Å². The number of carbonyl (C=O) groups is 2. The Hall–Kier alpha value is -2.46. The number of hydrogen-bond acceptors (Lipinski definition) is 5. The van der Waals surface area contributed by atoms with Crippen molar-refractivity contribution >= 4 is 42.1 Å². The highest BCUT2D eigenvalue weighted by Gasteiger charge is 2.30. The molecule has 128 valence electrons. The summed E-state index contributed by atoms with van der Waals surface area (Å²) >= 11 is 10.3. The number of aromatic nitrogens is 3. The van der Waals surface area contributed by atoms with Crippen LogP contribution in [0.3, 0.4) is 0 Å². The Morgan fingerprint density at radius 3 is 2.04 bits per heavy atom. The van der Waals surface area contributed by atoms with E-state index in [4.69, 9.17) is 24.4 Å². The fraction of sp³-hybridized carbons (Fsp3) is 0.286. The van der Waals surface area contributed by atoms with Crippen LogP contribution in [0.5, 0.6) is 0 Å². The van der Waals surface area contributed by atoms with Gasteiger partial charge in [-0.05, 0) is 56.5 Å². The number of carboxylic acid groups (broad SMARTS) is 2. The number of nitrogens with zero attached hydrogens (tertiary/aromatic N) is 2. The molecule has 0 radical (unpaired) electrons. The van der Waals surface area contributed by atoms with Crippen LogP contribution in [0.15, 0.2) is 24.3 Å². The molecule has 0 aliphatic carbocycles. The maximum absolute atomic E-state index is 11.4. The third-order valence-electron chi connectivity index (χ3n) is 3.62. The highest BCUT2D eigenvalue weighted by molar-refractivity contribution is 7.72. The van der Waals surface area contributed by atoms with E-state index in [2.05, 4.69) is 10.2 Å². The van der Waals surface area contributed by atoms with E-state index in [1.807, 2.05) is 0 Å². The Labute approximate surface area is 147 Å². The van der Waals surface area contributed by atoms with E-state index >= 15 is 0 Å². The van der Waals surface area contributed by atoms with Crippen LogP contribution in [0.25, 0.3) is 5.69 Å². The molecule has 4 N–H and O–H groups in total. The van der Waals surface area contributed by atoms with Crippen LogP contribution < -0.4 is 4.90 Å². The molecule has 8 nitrogen and oxygen atoms in total. The van der Waals surface area contributed by atoms with Crippen molar-refractivity contribution in [2.24, 2.45) is 0 Å². The summed E-state index contributed by atoms with van der Waals surface area (Å²) in [5.41, 5.74) is 1.04. The Morgan fingerprint density at radius 2 is 1.58 bits per heavy atom. The largest absolute Gasteiger partial charge is 0.480 e. The third-order valence-corrected chi connectivity index (χ3v) is 4.19. The highest BCUT2D eigenvalue weighted by atomic mass is 32.1. The number of nitrogens with one attached hydrogen (secondary N) is 2. The van der Waals surface area contributed by atoms with Gasteiger partial charge in [0.25, 0.3) is 0 Å². The summed E-state index contributed by atoms with van der Waals surface area (Å²) in [4.78, 5) is 24.1. The predicted molar refractivity (Wildman–Crippen MR) is 92.8 cm³/mol. The van der Waals surface area contributed by atoms with Gasteiger partial charge in [0.1, 0.15) is 12.1 Å². The van der Waals surface area contributed by atoms with Crippen LogP contribution >= 0.6 is 24.4 Å². The lowest BCUT2D eigenvalue weighted by atomic mass is 10.1. The fourth-order valence-corrected chi connectivity index (χ4v) is 2.91. The minimum Gasteiger partial charge on any atom is -0.480 e. The SMILES string of the molecule is CC(C(=O)O)N(c1cccc(-n2c(=S)[nH][nH]c2=S)c1)C(C)C(=O)O. The second kappa shape index (κ2) is 6.97. The smallest absolute Gasteiger partial charge is 0.326 e. The first kappa shape index (κ1) is 17.9. The molecule has 0 bridgehead atoms. The number of benzene rings is 1. The van der Waals surface area contributed by atoms with Gasteiger partial charge in [0.15, 0.2) is 9.54 Å². The molecule has 1 aromatic carbocycles. The second-order valence-electron chi connectivity index (χ2n) is 5.15. The summed E-state index contributed by atoms with van der Waals surface area (Å²) in [5.74, 6) is -2.24. The van der Waals surface area contributed by atoms with E-state index in [1.165, 1.54) is 18.7 Å². The summed E-state index contributed by atoms with van der Waals surface area (Å²) < 4.78 is 2.26. The molecule has 2 atom stereocenters. The first-order chi connectivity index (χ1) is 11.2. The van der Waals surface area contributed by atoms with Crippen molar-refractivity contribution < 1.29 is 19.8 Å². The van der Waals surface area contributed by atoms with E-state index in [0.29, 0.717) is 20.9 Å². The van der Waals surface area contributed by atoms with E-state index < -0.39 is 24.0 Å². The summed E-state index contributed by atoms with van der Waals surface area (Å²) in [7, 11) is 0. The molecule has 1 heterocycles. The quantitative estimate of drug-likeness (QED) is 0.579. The number of anilines is 1.